The van der Waals surface area contributed by atoms with E-state index in [2.05, 4.69) is 5.32 Å². The molecule has 1 aliphatic rings. The second-order valence-electron chi connectivity index (χ2n) is 10.9. The van der Waals surface area contributed by atoms with Crippen molar-refractivity contribution in [2.24, 2.45) is 0 Å². The van der Waals surface area contributed by atoms with E-state index in [1.807, 2.05) is 95.3 Å². The lowest BCUT2D eigenvalue weighted by Crippen LogP contribution is -2.53. The van der Waals surface area contributed by atoms with Gasteiger partial charge in [-0.2, -0.15) is 0 Å². The summed E-state index contributed by atoms with van der Waals surface area (Å²) in [6.45, 7) is 10.6. The third-order valence-corrected chi connectivity index (χ3v) is 6.91. The molecule has 0 bridgehead atoms. The van der Waals surface area contributed by atoms with Gasteiger partial charge in [-0.15, -0.1) is 0 Å². The molecule has 1 aliphatic heterocycles. The minimum atomic E-state index is -0.572. The topological polar surface area (TPSA) is 69.7 Å². The van der Waals surface area contributed by atoms with Crippen LogP contribution in [-0.4, -0.2) is 40.7 Å². The summed E-state index contributed by atoms with van der Waals surface area (Å²) in [6.07, 6.45) is 1.28. The summed E-state index contributed by atoms with van der Waals surface area (Å²) in [5, 5.41) is 5.07. The van der Waals surface area contributed by atoms with Crippen molar-refractivity contribution >= 4 is 34.2 Å². The van der Waals surface area contributed by atoms with Gasteiger partial charge in [-0.3, -0.25) is 14.4 Å². The highest BCUT2D eigenvalue weighted by atomic mass is 16.2. The number of amides is 3. The average molecular weight is 500 g/mol. The third-order valence-electron chi connectivity index (χ3n) is 6.91. The lowest BCUT2D eigenvalue weighted by Gasteiger charge is -2.33. The van der Waals surface area contributed by atoms with Crippen molar-refractivity contribution < 1.29 is 14.4 Å². The summed E-state index contributed by atoms with van der Waals surface area (Å²) < 4.78 is 0. The number of carbonyl (C=O) groups is 3. The number of hydrogen-bond acceptors (Lipinski definition) is 3. The van der Waals surface area contributed by atoms with Crippen LogP contribution in [0.2, 0.25) is 0 Å². The number of anilines is 1. The monoisotopic (exact) mass is 499 g/mol. The Morgan fingerprint density at radius 2 is 1.70 bits per heavy atom. The molecule has 1 atom stereocenters. The van der Waals surface area contributed by atoms with Crippen LogP contribution in [0.1, 0.15) is 68.4 Å². The Labute approximate surface area is 219 Å². The van der Waals surface area contributed by atoms with Crippen molar-refractivity contribution in [3.8, 4) is 0 Å². The fraction of sp³-hybridized carbons (Fsp3) is 0.387. The number of nitrogens with one attached hydrogen (secondary N) is 1. The molecule has 1 N–H and O–H groups in total. The van der Waals surface area contributed by atoms with Crippen molar-refractivity contribution in [3.63, 3.8) is 0 Å². The molecule has 37 heavy (non-hydrogen) atoms. The minimum Gasteiger partial charge on any atom is -0.350 e. The standard InChI is InChI=1S/C31H37N3O3/c1-6-25(29(36)32-31(3,4)5)34(20-23-13-8-7-12-21(23)2)27(35)18-11-19-33-26-17-10-15-22-14-9-16-24(28(22)26)30(33)37/h7-10,12-17,25H,6,11,18-20H2,1-5H3,(H,32,36)/t25-/m0/s1. The molecule has 3 amide bonds. The van der Waals surface area contributed by atoms with Crippen LogP contribution in [-0.2, 0) is 16.1 Å². The van der Waals surface area contributed by atoms with Crippen LogP contribution in [0.3, 0.4) is 0 Å². The Morgan fingerprint density at radius 3 is 2.38 bits per heavy atom. The molecule has 4 rings (SSSR count). The third kappa shape index (κ3) is 5.68. The Morgan fingerprint density at radius 1 is 1.00 bits per heavy atom. The van der Waals surface area contributed by atoms with Crippen LogP contribution in [0.15, 0.2) is 60.7 Å². The van der Waals surface area contributed by atoms with E-state index in [1.165, 1.54) is 0 Å². The zero-order valence-electron chi connectivity index (χ0n) is 22.5. The maximum Gasteiger partial charge on any atom is 0.258 e. The number of nitrogens with zero attached hydrogens (tertiary/aromatic N) is 2. The molecule has 6 nitrogen and oxygen atoms in total. The molecule has 6 heteroatoms. The number of aryl methyl sites for hydroxylation is 1. The van der Waals surface area contributed by atoms with E-state index in [4.69, 9.17) is 0 Å². The van der Waals surface area contributed by atoms with Crippen LogP contribution in [0.25, 0.3) is 10.8 Å². The molecule has 0 saturated carbocycles. The predicted octanol–water partition coefficient (Wildman–Crippen LogP) is 5.61. The fourth-order valence-corrected chi connectivity index (χ4v) is 5.08. The molecule has 1 heterocycles. The summed E-state index contributed by atoms with van der Waals surface area (Å²) in [4.78, 5) is 43.5. The summed E-state index contributed by atoms with van der Waals surface area (Å²) in [5.74, 6) is -0.248. The highest BCUT2D eigenvalue weighted by molar-refractivity contribution is 6.25. The van der Waals surface area contributed by atoms with Gasteiger partial charge >= 0.3 is 0 Å². The second kappa shape index (κ2) is 10.8. The lowest BCUT2D eigenvalue weighted by molar-refractivity contribution is -0.142. The zero-order chi connectivity index (χ0) is 26.7. The molecule has 0 spiro atoms. The molecule has 0 aromatic heterocycles. The minimum absolute atomic E-state index is 0.0213. The van der Waals surface area contributed by atoms with Crippen LogP contribution in [0.4, 0.5) is 5.69 Å². The van der Waals surface area contributed by atoms with Crippen molar-refractivity contribution in [3.05, 3.63) is 77.4 Å². The summed E-state index contributed by atoms with van der Waals surface area (Å²) in [5.41, 5.74) is 3.33. The Bertz CT molecular complexity index is 1320. The lowest BCUT2D eigenvalue weighted by atomic mass is 10.0. The molecule has 194 valence electrons. The van der Waals surface area contributed by atoms with Gasteiger partial charge in [0.1, 0.15) is 6.04 Å². The normalized spacial score (nSPS) is 13.6. The highest BCUT2D eigenvalue weighted by Gasteiger charge is 2.32. The first-order valence-corrected chi connectivity index (χ1v) is 13.1. The predicted molar refractivity (Wildman–Crippen MR) is 149 cm³/mol. The van der Waals surface area contributed by atoms with E-state index in [1.54, 1.807) is 9.80 Å². The van der Waals surface area contributed by atoms with Crippen molar-refractivity contribution in [2.75, 3.05) is 11.4 Å². The highest BCUT2D eigenvalue weighted by Crippen LogP contribution is 2.37. The first kappa shape index (κ1) is 26.4. The van der Waals surface area contributed by atoms with E-state index in [9.17, 15) is 14.4 Å². The molecule has 0 saturated heterocycles. The molecular formula is C31H37N3O3. The molecular weight excluding hydrogens is 462 g/mol. The quantitative estimate of drug-likeness (QED) is 0.416. The van der Waals surface area contributed by atoms with Crippen LogP contribution >= 0.6 is 0 Å². The van der Waals surface area contributed by atoms with E-state index >= 15 is 0 Å². The smallest absolute Gasteiger partial charge is 0.258 e. The van der Waals surface area contributed by atoms with Crippen LogP contribution in [0.5, 0.6) is 0 Å². The Kier molecular flexibility index (Phi) is 7.67. The van der Waals surface area contributed by atoms with E-state index in [0.717, 1.165) is 27.6 Å². The SMILES string of the molecule is CC[C@@H](C(=O)NC(C)(C)C)N(Cc1ccccc1C)C(=O)CCCN1C(=O)c2cccc3cccc1c23. The number of rotatable bonds is 9. The van der Waals surface area contributed by atoms with Gasteiger partial charge in [0.25, 0.3) is 5.91 Å². The summed E-state index contributed by atoms with van der Waals surface area (Å²) in [7, 11) is 0. The van der Waals surface area contributed by atoms with Crippen LogP contribution in [0, 0.1) is 6.92 Å². The molecule has 3 aromatic rings. The first-order chi connectivity index (χ1) is 17.6. The Hall–Kier alpha value is -3.67. The summed E-state index contributed by atoms with van der Waals surface area (Å²) >= 11 is 0. The average Bonchev–Trinajstić information content (AvgIpc) is 3.12. The molecule has 0 aliphatic carbocycles. The van der Waals surface area contributed by atoms with E-state index in [-0.39, 0.29) is 24.1 Å². The van der Waals surface area contributed by atoms with Gasteiger partial charge in [0, 0.05) is 36.0 Å². The summed E-state index contributed by atoms with van der Waals surface area (Å²) in [6, 6.07) is 19.1. The largest absolute Gasteiger partial charge is 0.350 e. The van der Waals surface area contributed by atoms with Gasteiger partial charge < -0.3 is 15.1 Å². The van der Waals surface area contributed by atoms with E-state index in [0.29, 0.717) is 31.5 Å². The number of carbonyl (C=O) groups excluding carboxylic acids is 3. The van der Waals surface area contributed by atoms with Gasteiger partial charge in [-0.25, -0.2) is 0 Å². The zero-order valence-corrected chi connectivity index (χ0v) is 22.5. The second-order valence-corrected chi connectivity index (χ2v) is 10.9. The maximum absolute atomic E-state index is 13.6. The maximum atomic E-state index is 13.6. The van der Waals surface area contributed by atoms with E-state index < -0.39 is 11.6 Å². The fourth-order valence-electron chi connectivity index (χ4n) is 5.08. The van der Waals surface area contributed by atoms with Crippen molar-refractivity contribution in [2.45, 2.75) is 72.0 Å². The van der Waals surface area contributed by atoms with Crippen LogP contribution < -0.4 is 10.2 Å². The molecule has 0 radical (unpaired) electrons. The number of hydrogen-bond donors (Lipinski definition) is 1. The van der Waals surface area contributed by atoms with Crippen molar-refractivity contribution in [1.82, 2.24) is 10.2 Å². The van der Waals surface area contributed by atoms with Gasteiger partial charge in [-0.05, 0) is 69.2 Å². The first-order valence-electron chi connectivity index (χ1n) is 13.1. The van der Waals surface area contributed by atoms with Crippen molar-refractivity contribution in [1.29, 1.82) is 0 Å². The number of benzene rings is 3. The van der Waals surface area contributed by atoms with Gasteiger partial charge in [0.15, 0.2) is 0 Å². The van der Waals surface area contributed by atoms with Gasteiger partial charge in [-0.1, -0.05) is 55.5 Å². The molecule has 0 unspecified atom stereocenters. The van der Waals surface area contributed by atoms with Gasteiger partial charge in [0.2, 0.25) is 11.8 Å². The molecule has 3 aromatic carbocycles. The van der Waals surface area contributed by atoms with Gasteiger partial charge in [0.05, 0.1) is 5.69 Å². The Balaban J connectivity index is 1.51. The molecule has 0 fully saturated rings.